The van der Waals surface area contributed by atoms with E-state index in [0.29, 0.717) is 0 Å². The van der Waals surface area contributed by atoms with Crippen LogP contribution in [0.2, 0.25) is 15.1 Å². The molecule has 0 fully saturated rings. The normalized spacial score (nSPS) is 11.1. The number of anilines is 2. The smallest absolute Gasteiger partial charge is 0.261 e. The van der Waals surface area contributed by atoms with Gasteiger partial charge < -0.3 is 10.4 Å². The second-order valence-electron chi connectivity index (χ2n) is 5.83. The topological polar surface area (TPSA) is 95.5 Å². The van der Waals surface area contributed by atoms with Crippen molar-refractivity contribution in [1.82, 2.24) is 0 Å². The lowest BCUT2D eigenvalue weighted by Crippen LogP contribution is -2.15. The van der Waals surface area contributed by atoms with E-state index in [0.717, 1.165) is 0 Å². The lowest BCUT2D eigenvalue weighted by Gasteiger charge is -2.12. The maximum atomic E-state index is 12.6. The number of phenolic OH excluding ortho intramolecular Hbond substituents is 1. The third-order valence-corrected chi connectivity index (χ3v) is 6.27. The van der Waals surface area contributed by atoms with Crippen LogP contribution in [0.3, 0.4) is 0 Å². The molecule has 3 aromatic carbocycles. The first-order valence-electron chi connectivity index (χ1n) is 8.05. The molecule has 0 aliphatic carbocycles. The van der Waals surface area contributed by atoms with Crippen LogP contribution in [0.5, 0.6) is 5.75 Å². The van der Waals surface area contributed by atoms with Gasteiger partial charge in [0.05, 0.1) is 25.7 Å². The van der Waals surface area contributed by atoms with E-state index < -0.39 is 21.7 Å². The van der Waals surface area contributed by atoms with Crippen molar-refractivity contribution in [3.63, 3.8) is 0 Å². The molecule has 0 bridgehead atoms. The molecular weight excluding hydrogens is 459 g/mol. The van der Waals surface area contributed by atoms with Crippen LogP contribution in [-0.4, -0.2) is 19.4 Å². The number of amides is 1. The molecule has 0 aromatic heterocycles. The van der Waals surface area contributed by atoms with E-state index in [2.05, 4.69) is 10.0 Å². The van der Waals surface area contributed by atoms with Crippen LogP contribution >= 0.6 is 34.8 Å². The number of carbonyl (C=O) groups is 1. The minimum Gasteiger partial charge on any atom is -0.505 e. The molecule has 0 saturated heterocycles. The molecule has 3 rings (SSSR count). The average Bonchev–Trinajstić information content (AvgIpc) is 2.67. The summed E-state index contributed by atoms with van der Waals surface area (Å²) in [5.41, 5.74) is 0.195. The van der Waals surface area contributed by atoms with E-state index in [-0.39, 0.29) is 36.9 Å². The van der Waals surface area contributed by atoms with Gasteiger partial charge >= 0.3 is 0 Å². The van der Waals surface area contributed by atoms with Crippen LogP contribution in [0, 0.1) is 0 Å². The van der Waals surface area contributed by atoms with E-state index in [9.17, 15) is 18.3 Å². The molecule has 0 heterocycles. The summed E-state index contributed by atoms with van der Waals surface area (Å²) in [6.45, 7) is 0. The van der Waals surface area contributed by atoms with E-state index in [4.69, 9.17) is 34.8 Å². The molecule has 6 nitrogen and oxygen atoms in total. The van der Waals surface area contributed by atoms with Crippen molar-refractivity contribution < 1.29 is 18.3 Å². The fourth-order valence-corrected chi connectivity index (χ4v) is 4.22. The molecule has 3 aromatic rings. The molecule has 150 valence electrons. The van der Waals surface area contributed by atoms with E-state index in [1.165, 1.54) is 36.4 Å². The average molecular weight is 472 g/mol. The summed E-state index contributed by atoms with van der Waals surface area (Å²) in [6, 6.07) is 15.1. The second-order valence-corrected chi connectivity index (χ2v) is 8.71. The zero-order valence-corrected chi connectivity index (χ0v) is 17.6. The second kappa shape index (κ2) is 8.51. The third-order valence-electron chi connectivity index (χ3n) is 3.80. The van der Waals surface area contributed by atoms with Crippen molar-refractivity contribution >= 4 is 62.1 Å². The lowest BCUT2D eigenvalue weighted by molar-refractivity contribution is 0.102. The molecular formula is C19H13Cl3N2O4S. The van der Waals surface area contributed by atoms with Crippen molar-refractivity contribution in [1.29, 1.82) is 0 Å². The summed E-state index contributed by atoms with van der Waals surface area (Å²) in [6.07, 6.45) is 0. The highest BCUT2D eigenvalue weighted by Crippen LogP contribution is 2.38. The van der Waals surface area contributed by atoms with Gasteiger partial charge in [-0.2, -0.15) is 0 Å². The quantitative estimate of drug-likeness (QED) is 0.434. The van der Waals surface area contributed by atoms with Crippen molar-refractivity contribution in [3.05, 3.63) is 81.3 Å². The molecule has 1 amide bonds. The van der Waals surface area contributed by atoms with Crippen LogP contribution in [0.4, 0.5) is 11.4 Å². The highest BCUT2D eigenvalue weighted by molar-refractivity contribution is 7.92. The largest absolute Gasteiger partial charge is 0.505 e. The monoisotopic (exact) mass is 470 g/mol. The Kier molecular flexibility index (Phi) is 6.24. The zero-order chi connectivity index (χ0) is 21.2. The summed E-state index contributed by atoms with van der Waals surface area (Å²) >= 11 is 17.8. The number of hydrogen-bond acceptors (Lipinski definition) is 4. The summed E-state index contributed by atoms with van der Waals surface area (Å²) in [5.74, 6) is -1.28. The Hall–Kier alpha value is -2.45. The van der Waals surface area contributed by atoms with Gasteiger partial charge in [-0.1, -0.05) is 59.1 Å². The van der Waals surface area contributed by atoms with Crippen LogP contribution in [0.15, 0.2) is 65.6 Å². The standard InChI is InChI=1S/C19H13Cl3N2O4S/c20-14-10-15(21)18(25)16(17(14)22)19(26)23-11-5-4-6-12(9-11)24-29(27,28)13-7-2-1-3-8-13/h1-10,24-25H,(H,23,26). The van der Waals surface area contributed by atoms with Crippen LogP contribution in [0.25, 0.3) is 0 Å². The fourth-order valence-electron chi connectivity index (χ4n) is 2.46. The van der Waals surface area contributed by atoms with E-state index >= 15 is 0 Å². The number of aromatic hydroxyl groups is 1. The van der Waals surface area contributed by atoms with Crippen LogP contribution in [-0.2, 0) is 10.0 Å². The number of hydrogen-bond donors (Lipinski definition) is 3. The minimum atomic E-state index is -3.79. The molecule has 0 unspecified atom stereocenters. The number of benzene rings is 3. The van der Waals surface area contributed by atoms with Gasteiger partial charge in [-0.3, -0.25) is 9.52 Å². The summed E-state index contributed by atoms with van der Waals surface area (Å²) in [5, 5.41) is 12.3. The molecule has 0 aliphatic rings. The Bertz CT molecular complexity index is 1160. The summed E-state index contributed by atoms with van der Waals surface area (Å²) in [4.78, 5) is 12.7. The Morgan fingerprint density at radius 2 is 1.52 bits per heavy atom. The number of phenols is 1. The zero-order valence-electron chi connectivity index (χ0n) is 14.5. The number of sulfonamides is 1. The Morgan fingerprint density at radius 1 is 0.862 bits per heavy atom. The first kappa shape index (κ1) is 21.3. The number of nitrogens with one attached hydrogen (secondary N) is 2. The van der Waals surface area contributed by atoms with Gasteiger partial charge in [0.1, 0.15) is 11.3 Å². The van der Waals surface area contributed by atoms with E-state index in [1.807, 2.05) is 0 Å². The number of carbonyl (C=O) groups excluding carboxylic acids is 1. The Morgan fingerprint density at radius 3 is 2.21 bits per heavy atom. The van der Waals surface area contributed by atoms with Crippen molar-refractivity contribution in [2.75, 3.05) is 10.0 Å². The number of halogens is 3. The first-order valence-corrected chi connectivity index (χ1v) is 10.7. The van der Waals surface area contributed by atoms with Gasteiger partial charge in [0, 0.05) is 5.69 Å². The number of rotatable bonds is 5. The summed E-state index contributed by atoms with van der Waals surface area (Å²) in [7, 11) is -3.79. The van der Waals surface area contributed by atoms with Gasteiger partial charge in [-0.15, -0.1) is 0 Å². The van der Waals surface area contributed by atoms with Gasteiger partial charge in [-0.05, 0) is 36.4 Å². The highest BCUT2D eigenvalue weighted by Gasteiger charge is 2.21. The van der Waals surface area contributed by atoms with Crippen molar-refractivity contribution in [2.45, 2.75) is 4.90 Å². The van der Waals surface area contributed by atoms with Crippen LogP contribution in [0.1, 0.15) is 10.4 Å². The van der Waals surface area contributed by atoms with Crippen LogP contribution < -0.4 is 10.0 Å². The molecule has 0 spiro atoms. The molecule has 29 heavy (non-hydrogen) atoms. The minimum absolute atomic E-state index is 0.00369. The Balaban J connectivity index is 1.85. The van der Waals surface area contributed by atoms with Gasteiger partial charge in [0.2, 0.25) is 0 Å². The van der Waals surface area contributed by atoms with Crippen molar-refractivity contribution in [3.8, 4) is 5.75 Å². The first-order chi connectivity index (χ1) is 13.7. The predicted octanol–water partition coefficient (Wildman–Crippen LogP) is 5.41. The van der Waals surface area contributed by atoms with Crippen molar-refractivity contribution in [2.24, 2.45) is 0 Å². The molecule has 0 atom stereocenters. The molecule has 10 heteroatoms. The van der Waals surface area contributed by atoms with Gasteiger partial charge in [0.15, 0.2) is 0 Å². The van der Waals surface area contributed by atoms with Gasteiger partial charge in [0.25, 0.3) is 15.9 Å². The maximum absolute atomic E-state index is 12.6. The lowest BCUT2D eigenvalue weighted by atomic mass is 10.1. The van der Waals surface area contributed by atoms with Gasteiger partial charge in [-0.25, -0.2) is 8.42 Å². The summed E-state index contributed by atoms with van der Waals surface area (Å²) < 4.78 is 27.3. The highest BCUT2D eigenvalue weighted by atomic mass is 35.5. The third kappa shape index (κ3) is 4.76. The molecule has 3 N–H and O–H groups in total. The van der Waals surface area contributed by atoms with E-state index in [1.54, 1.807) is 24.3 Å². The molecule has 0 saturated carbocycles. The fraction of sp³-hybridized carbons (Fsp3) is 0. The predicted molar refractivity (Wildman–Crippen MR) is 115 cm³/mol. The maximum Gasteiger partial charge on any atom is 0.261 e. The molecule has 0 radical (unpaired) electrons. The Labute approximate surface area is 182 Å². The molecule has 0 aliphatic heterocycles. The SMILES string of the molecule is O=C(Nc1cccc(NS(=O)(=O)c2ccccc2)c1)c1c(O)c(Cl)cc(Cl)c1Cl.